The van der Waals surface area contributed by atoms with Crippen LogP contribution in [0.15, 0.2) is 0 Å². The standard InChI is InChI=1S/C8H8N2O2S/c1-4-5(3-9)13-7(10)6(4)8(11)12-2/h10H2,1-2H3. The summed E-state index contributed by atoms with van der Waals surface area (Å²) in [7, 11) is 1.28. The highest BCUT2D eigenvalue weighted by Crippen LogP contribution is 2.30. The number of carbonyl (C=O) groups is 1. The van der Waals surface area contributed by atoms with Gasteiger partial charge in [-0.15, -0.1) is 11.3 Å². The van der Waals surface area contributed by atoms with E-state index in [1.165, 1.54) is 7.11 Å². The van der Waals surface area contributed by atoms with Crippen molar-refractivity contribution >= 4 is 22.3 Å². The predicted molar refractivity (Wildman–Crippen MR) is 49.5 cm³/mol. The van der Waals surface area contributed by atoms with Gasteiger partial charge in [-0.3, -0.25) is 0 Å². The van der Waals surface area contributed by atoms with E-state index in [-0.39, 0.29) is 0 Å². The number of esters is 1. The lowest BCUT2D eigenvalue weighted by Crippen LogP contribution is -2.04. The molecule has 2 N–H and O–H groups in total. The highest BCUT2D eigenvalue weighted by molar-refractivity contribution is 7.17. The van der Waals surface area contributed by atoms with Crippen molar-refractivity contribution in [2.24, 2.45) is 0 Å². The Labute approximate surface area is 79.5 Å². The first kappa shape index (κ1) is 9.55. The minimum Gasteiger partial charge on any atom is -0.465 e. The maximum Gasteiger partial charge on any atom is 0.341 e. The Balaban J connectivity index is 3.30. The number of carbonyl (C=O) groups excluding carboxylic acids is 1. The molecule has 0 saturated heterocycles. The normalized spacial score (nSPS) is 9.31. The van der Waals surface area contributed by atoms with Crippen LogP contribution in [0.3, 0.4) is 0 Å². The molecule has 0 aliphatic carbocycles. The van der Waals surface area contributed by atoms with E-state index in [9.17, 15) is 4.79 Å². The molecule has 1 aromatic rings. The van der Waals surface area contributed by atoms with E-state index in [1.54, 1.807) is 6.92 Å². The van der Waals surface area contributed by atoms with Crippen molar-refractivity contribution < 1.29 is 9.53 Å². The van der Waals surface area contributed by atoms with Crippen molar-refractivity contribution in [2.45, 2.75) is 6.92 Å². The number of nitrogens with two attached hydrogens (primary N) is 1. The van der Waals surface area contributed by atoms with Crippen molar-refractivity contribution in [3.05, 3.63) is 16.0 Å². The molecule has 4 nitrogen and oxygen atoms in total. The molecule has 0 aliphatic heterocycles. The summed E-state index contributed by atoms with van der Waals surface area (Å²) in [4.78, 5) is 11.6. The van der Waals surface area contributed by atoms with Gasteiger partial charge in [-0.2, -0.15) is 5.26 Å². The second-order valence-corrected chi connectivity index (χ2v) is 3.45. The van der Waals surface area contributed by atoms with Gasteiger partial charge < -0.3 is 10.5 Å². The lowest BCUT2D eigenvalue weighted by atomic mass is 10.1. The van der Waals surface area contributed by atoms with Crippen molar-refractivity contribution in [3.8, 4) is 6.07 Å². The molecule has 0 unspecified atom stereocenters. The number of nitrogens with zero attached hydrogens (tertiary/aromatic N) is 1. The highest BCUT2D eigenvalue weighted by Gasteiger charge is 2.19. The Morgan fingerprint density at radius 2 is 2.31 bits per heavy atom. The summed E-state index contributed by atoms with van der Waals surface area (Å²) in [6.45, 7) is 1.68. The van der Waals surface area contributed by atoms with Crippen molar-refractivity contribution in [1.29, 1.82) is 5.26 Å². The third-order valence-corrected chi connectivity index (χ3v) is 2.69. The first-order valence-corrected chi connectivity index (χ1v) is 4.30. The van der Waals surface area contributed by atoms with E-state index in [1.807, 2.05) is 6.07 Å². The molecule has 1 rings (SSSR count). The molecule has 0 radical (unpaired) electrons. The fourth-order valence-corrected chi connectivity index (χ4v) is 1.86. The number of nitriles is 1. The molecule has 5 heteroatoms. The molecule has 0 saturated carbocycles. The molecule has 0 atom stereocenters. The minimum atomic E-state index is -0.493. The number of hydrogen-bond donors (Lipinski definition) is 1. The Kier molecular flexibility index (Phi) is 2.54. The second kappa shape index (κ2) is 3.46. The Morgan fingerprint density at radius 1 is 1.69 bits per heavy atom. The number of anilines is 1. The number of nitrogen functional groups attached to an aromatic ring is 1. The zero-order valence-corrected chi connectivity index (χ0v) is 8.07. The average molecular weight is 196 g/mol. The van der Waals surface area contributed by atoms with Crippen LogP contribution >= 0.6 is 11.3 Å². The van der Waals surface area contributed by atoms with Crippen LogP contribution in [-0.4, -0.2) is 13.1 Å². The molecular formula is C8H8N2O2S. The molecule has 1 aromatic heterocycles. The Morgan fingerprint density at radius 3 is 2.69 bits per heavy atom. The highest BCUT2D eigenvalue weighted by atomic mass is 32.1. The zero-order chi connectivity index (χ0) is 10.0. The Hall–Kier alpha value is -1.54. The molecule has 0 aromatic carbocycles. The van der Waals surface area contributed by atoms with Gasteiger partial charge in [0.2, 0.25) is 0 Å². The first-order chi connectivity index (χ1) is 6.11. The summed E-state index contributed by atoms with van der Waals surface area (Å²) < 4.78 is 4.53. The molecule has 0 amide bonds. The van der Waals surface area contributed by atoms with Gasteiger partial charge in [-0.05, 0) is 12.5 Å². The van der Waals surface area contributed by atoms with E-state index in [2.05, 4.69) is 4.74 Å². The SMILES string of the molecule is COC(=O)c1c(N)sc(C#N)c1C. The van der Waals surface area contributed by atoms with Crippen molar-refractivity contribution in [1.82, 2.24) is 0 Å². The molecular weight excluding hydrogens is 188 g/mol. The summed E-state index contributed by atoms with van der Waals surface area (Å²) in [5.41, 5.74) is 6.46. The Bertz CT molecular complexity index is 390. The molecule has 1 heterocycles. The number of ether oxygens (including phenoxy) is 1. The third kappa shape index (κ3) is 1.48. The average Bonchev–Trinajstić information content (AvgIpc) is 2.40. The van der Waals surface area contributed by atoms with E-state index in [0.717, 1.165) is 11.3 Å². The van der Waals surface area contributed by atoms with Gasteiger partial charge in [0.25, 0.3) is 0 Å². The van der Waals surface area contributed by atoms with Crippen LogP contribution in [0, 0.1) is 18.3 Å². The van der Waals surface area contributed by atoms with Gasteiger partial charge in [-0.25, -0.2) is 4.79 Å². The van der Waals surface area contributed by atoms with Crippen molar-refractivity contribution in [2.75, 3.05) is 12.8 Å². The van der Waals surface area contributed by atoms with E-state index < -0.39 is 5.97 Å². The first-order valence-electron chi connectivity index (χ1n) is 3.49. The van der Waals surface area contributed by atoms with E-state index in [4.69, 9.17) is 11.0 Å². The molecule has 0 spiro atoms. The topological polar surface area (TPSA) is 76.1 Å². The van der Waals surface area contributed by atoms with Crippen LogP contribution in [0.5, 0.6) is 0 Å². The van der Waals surface area contributed by atoms with Gasteiger partial charge in [0, 0.05) is 0 Å². The van der Waals surface area contributed by atoms with Crippen LogP contribution in [0.4, 0.5) is 5.00 Å². The minimum absolute atomic E-state index is 0.309. The predicted octanol–water partition coefficient (Wildman–Crippen LogP) is 1.30. The van der Waals surface area contributed by atoms with Crippen LogP contribution in [0.1, 0.15) is 20.8 Å². The van der Waals surface area contributed by atoms with Crippen molar-refractivity contribution in [3.63, 3.8) is 0 Å². The summed E-state index contributed by atoms with van der Waals surface area (Å²) in [5, 5.41) is 9.00. The van der Waals surface area contributed by atoms with Gasteiger partial charge in [-0.1, -0.05) is 0 Å². The van der Waals surface area contributed by atoms with Crippen LogP contribution in [-0.2, 0) is 4.74 Å². The maximum absolute atomic E-state index is 11.2. The molecule has 0 bridgehead atoms. The molecule has 0 fully saturated rings. The van der Waals surface area contributed by atoms with Gasteiger partial charge >= 0.3 is 5.97 Å². The van der Waals surface area contributed by atoms with Gasteiger partial charge in [0.1, 0.15) is 15.9 Å². The number of methoxy groups -OCH3 is 1. The van der Waals surface area contributed by atoms with E-state index >= 15 is 0 Å². The van der Waals surface area contributed by atoms with Crippen LogP contribution in [0.2, 0.25) is 0 Å². The van der Waals surface area contributed by atoms with Gasteiger partial charge in [0.15, 0.2) is 0 Å². The van der Waals surface area contributed by atoms with Gasteiger partial charge in [0.05, 0.1) is 12.7 Å². The smallest absolute Gasteiger partial charge is 0.341 e. The zero-order valence-electron chi connectivity index (χ0n) is 7.25. The number of rotatable bonds is 1. The second-order valence-electron chi connectivity index (χ2n) is 2.40. The molecule has 68 valence electrons. The third-order valence-electron chi connectivity index (χ3n) is 1.67. The maximum atomic E-state index is 11.2. The van der Waals surface area contributed by atoms with E-state index in [0.29, 0.717) is 21.0 Å². The number of thiophene rings is 1. The number of hydrogen-bond acceptors (Lipinski definition) is 5. The monoisotopic (exact) mass is 196 g/mol. The summed E-state index contributed by atoms with van der Waals surface area (Å²) in [5.74, 6) is -0.493. The van der Waals surface area contributed by atoms with Crippen LogP contribution in [0.25, 0.3) is 0 Å². The lowest BCUT2D eigenvalue weighted by Gasteiger charge is -1.98. The van der Waals surface area contributed by atoms with Crippen LogP contribution < -0.4 is 5.73 Å². The molecule has 13 heavy (non-hydrogen) atoms. The lowest BCUT2D eigenvalue weighted by molar-refractivity contribution is 0.0601. The summed E-state index contributed by atoms with van der Waals surface area (Å²) in [6.07, 6.45) is 0. The summed E-state index contributed by atoms with van der Waals surface area (Å²) >= 11 is 1.10. The molecule has 0 aliphatic rings. The quantitative estimate of drug-likeness (QED) is 0.687. The largest absolute Gasteiger partial charge is 0.465 e. The fraction of sp³-hybridized carbons (Fsp3) is 0.250. The summed E-state index contributed by atoms with van der Waals surface area (Å²) in [6, 6.07) is 1.97. The fourth-order valence-electron chi connectivity index (χ4n) is 0.998.